The predicted molar refractivity (Wildman–Crippen MR) is 87.8 cm³/mol. The van der Waals surface area contributed by atoms with Gasteiger partial charge in [0.25, 0.3) is 5.91 Å². The van der Waals surface area contributed by atoms with Gasteiger partial charge in [0.05, 0.1) is 36.8 Å². The molecule has 0 spiro atoms. The van der Waals surface area contributed by atoms with E-state index in [2.05, 4.69) is 5.16 Å². The van der Waals surface area contributed by atoms with Crippen LogP contribution in [0, 0.1) is 13.8 Å². The zero-order valence-electron chi connectivity index (χ0n) is 14.6. The Labute approximate surface area is 146 Å². The minimum absolute atomic E-state index is 0.0540. The molecule has 2 aliphatic rings. The molecule has 3 heterocycles. The van der Waals surface area contributed by atoms with E-state index >= 15 is 0 Å². The van der Waals surface area contributed by atoms with Gasteiger partial charge in [-0.15, -0.1) is 0 Å². The highest BCUT2D eigenvalue weighted by molar-refractivity contribution is 7.89. The normalized spacial score (nSPS) is 26.4. The van der Waals surface area contributed by atoms with Crippen LogP contribution in [0.1, 0.15) is 21.8 Å². The van der Waals surface area contributed by atoms with E-state index in [4.69, 9.17) is 14.0 Å². The van der Waals surface area contributed by atoms with Gasteiger partial charge in [-0.05, 0) is 13.8 Å². The van der Waals surface area contributed by atoms with Crippen molar-refractivity contribution in [2.24, 2.45) is 0 Å². The Morgan fingerprint density at radius 3 is 2.76 bits per heavy atom. The van der Waals surface area contributed by atoms with Gasteiger partial charge < -0.3 is 18.9 Å². The topological polar surface area (TPSA) is 102 Å². The van der Waals surface area contributed by atoms with Crippen molar-refractivity contribution < 1.29 is 27.2 Å². The van der Waals surface area contributed by atoms with Crippen LogP contribution in [0.25, 0.3) is 0 Å². The number of aryl methyl sites for hydroxylation is 2. The monoisotopic (exact) mass is 373 g/mol. The van der Waals surface area contributed by atoms with Crippen LogP contribution in [-0.2, 0) is 19.5 Å². The third kappa shape index (κ3) is 3.43. The number of likely N-dealkylation sites (tertiary alicyclic amines) is 1. The lowest BCUT2D eigenvalue weighted by atomic mass is 10.2. The molecule has 0 aromatic carbocycles. The number of ether oxygens (including phenoxy) is 2. The maximum Gasteiger partial charge on any atom is 0.259 e. The SMILES string of the molecule is COCCN1[C@@H]2CN(C(=O)c3c(C)noc3C)C[C@@H]2OCCS1(=O)=O. The quantitative estimate of drug-likeness (QED) is 0.720. The highest BCUT2D eigenvalue weighted by Gasteiger charge is 2.46. The molecular formula is C15H23N3O6S. The Morgan fingerprint density at radius 2 is 2.12 bits per heavy atom. The second kappa shape index (κ2) is 7.02. The summed E-state index contributed by atoms with van der Waals surface area (Å²) in [6.07, 6.45) is -0.349. The van der Waals surface area contributed by atoms with E-state index in [1.165, 1.54) is 11.4 Å². The molecule has 0 N–H and O–H groups in total. The molecule has 3 rings (SSSR count). The number of fused-ring (bicyclic) bond motifs is 1. The van der Waals surface area contributed by atoms with Gasteiger partial charge in [0.15, 0.2) is 0 Å². The molecule has 2 fully saturated rings. The van der Waals surface area contributed by atoms with Crippen molar-refractivity contribution in [1.82, 2.24) is 14.4 Å². The first-order chi connectivity index (χ1) is 11.8. The summed E-state index contributed by atoms with van der Waals surface area (Å²) in [4.78, 5) is 14.5. The van der Waals surface area contributed by atoms with Gasteiger partial charge in [-0.2, -0.15) is 4.31 Å². The summed E-state index contributed by atoms with van der Waals surface area (Å²) in [7, 11) is -1.92. The number of carbonyl (C=O) groups excluding carboxylic acids is 1. The maximum atomic E-state index is 12.8. The highest BCUT2D eigenvalue weighted by Crippen LogP contribution is 2.27. The fraction of sp³-hybridized carbons (Fsp3) is 0.733. The molecule has 0 radical (unpaired) electrons. The molecule has 9 nitrogen and oxygen atoms in total. The maximum absolute atomic E-state index is 12.8. The minimum atomic E-state index is -3.45. The van der Waals surface area contributed by atoms with E-state index in [0.29, 0.717) is 30.2 Å². The first kappa shape index (κ1) is 18.3. The van der Waals surface area contributed by atoms with Gasteiger partial charge in [-0.25, -0.2) is 8.42 Å². The summed E-state index contributed by atoms with van der Waals surface area (Å²) >= 11 is 0. The van der Waals surface area contributed by atoms with Crippen molar-refractivity contribution in [3.8, 4) is 0 Å². The molecule has 10 heteroatoms. The number of amides is 1. The average Bonchev–Trinajstić information content (AvgIpc) is 3.08. The Bertz CT molecular complexity index is 727. The van der Waals surface area contributed by atoms with Crippen molar-refractivity contribution in [3.05, 3.63) is 17.0 Å². The number of hydrogen-bond donors (Lipinski definition) is 0. The summed E-state index contributed by atoms with van der Waals surface area (Å²) < 4.78 is 42.3. The number of sulfonamides is 1. The van der Waals surface area contributed by atoms with Crippen LogP contribution in [0.3, 0.4) is 0 Å². The van der Waals surface area contributed by atoms with Crippen LogP contribution in [-0.4, -0.2) is 86.5 Å². The second-order valence-corrected chi connectivity index (χ2v) is 8.35. The molecule has 25 heavy (non-hydrogen) atoms. The molecule has 1 amide bonds. The fourth-order valence-electron chi connectivity index (χ4n) is 3.42. The van der Waals surface area contributed by atoms with Gasteiger partial charge in [-0.3, -0.25) is 4.79 Å². The van der Waals surface area contributed by atoms with Crippen molar-refractivity contribution in [1.29, 1.82) is 0 Å². The Balaban J connectivity index is 1.84. The molecule has 0 unspecified atom stereocenters. The van der Waals surface area contributed by atoms with E-state index in [1.54, 1.807) is 18.7 Å². The molecule has 0 bridgehead atoms. The van der Waals surface area contributed by atoms with Crippen molar-refractivity contribution in [3.63, 3.8) is 0 Å². The first-order valence-electron chi connectivity index (χ1n) is 8.17. The molecular weight excluding hydrogens is 350 g/mol. The smallest absolute Gasteiger partial charge is 0.259 e. The van der Waals surface area contributed by atoms with Crippen LogP contribution in [0.5, 0.6) is 0 Å². The number of aromatic nitrogens is 1. The molecule has 0 saturated carbocycles. The lowest BCUT2D eigenvalue weighted by Crippen LogP contribution is -2.47. The lowest BCUT2D eigenvalue weighted by Gasteiger charge is -2.27. The Kier molecular flexibility index (Phi) is 5.14. The van der Waals surface area contributed by atoms with Crippen molar-refractivity contribution in [2.75, 3.05) is 45.7 Å². The van der Waals surface area contributed by atoms with Crippen molar-refractivity contribution in [2.45, 2.75) is 26.0 Å². The van der Waals surface area contributed by atoms with Crippen LogP contribution in [0.4, 0.5) is 0 Å². The molecule has 2 atom stereocenters. The van der Waals surface area contributed by atoms with Crippen LogP contribution in [0.15, 0.2) is 4.52 Å². The summed E-state index contributed by atoms with van der Waals surface area (Å²) in [5.74, 6) is 0.193. The van der Waals surface area contributed by atoms with Gasteiger partial charge in [-0.1, -0.05) is 5.16 Å². The van der Waals surface area contributed by atoms with E-state index in [0.717, 1.165) is 0 Å². The number of hydrogen-bond acceptors (Lipinski definition) is 7. The van der Waals surface area contributed by atoms with E-state index in [-0.39, 0.29) is 37.5 Å². The Hall–Kier alpha value is -1.49. The summed E-state index contributed by atoms with van der Waals surface area (Å²) in [5, 5.41) is 3.82. The van der Waals surface area contributed by atoms with Gasteiger partial charge >= 0.3 is 0 Å². The van der Waals surface area contributed by atoms with Crippen LogP contribution >= 0.6 is 0 Å². The standard InChI is InChI=1S/C15H23N3O6S/c1-10-14(11(2)24-16-10)15(19)17-8-12-13(9-17)23-6-7-25(20,21)18(12)4-5-22-3/h12-13H,4-9H2,1-3H3/t12-,13+/m1/s1. The van der Waals surface area contributed by atoms with Gasteiger partial charge in [0.1, 0.15) is 11.3 Å². The molecule has 1 aromatic rings. The van der Waals surface area contributed by atoms with Crippen LogP contribution < -0.4 is 0 Å². The molecule has 2 aliphatic heterocycles. The summed E-state index contributed by atoms with van der Waals surface area (Å²) in [6, 6.07) is -0.410. The summed E-state index contributed by atoms with van der Waals surface area (Å²) in [6.45, 7) is 4.68. The third-order valence-corrected chi connectivity index (χ3v) is 6.54. The molecule has 1 aromatic heterocycles. The van der Waals surface area contributed by atoms with Crippen molar-refractivity contribution >= 4 is 15.9 Å². The number of carbonyl (C=O) groups is 1. The lowest BCUT2D eigenvalue weighted by molar-refractivity contribution is 0.0421. The van der Waals surface area contributed by atoms with E-state index < -0.39 is 16.1 Å². The zero-order valence-corrected chi connectivity index (χ0v) is 15.4. The molecule has 2 saturated heterocycles. The first-order valence-corrected chi connectivity index (χ1v) is 9.78. The minimum Gasteiger partial charge on any atom is -0.383 e. The number of methoxy groups -OCH3 is 1. The Morgan fingerprint density at radius 1 is 1.36 bits per heavy atom. The highest BCUT2D eigenvalue weighted by atomic mass is 32.2. The third-order valence-electron chi connectivity index (χ3n) is 4.69. The number of rotatable bonds is 4. The summed E-state index contributed by atoms with van der Waals surface area (Å²) in [5.41, 5.74) is 0.960. The molecule has 0 aliphatic carbocycles. The zero-order chi connectivity index (χ0) is 18.2. The average molecular weight is 373 g/mol. The number of nitrogens with zero attached hydrogens (tertiary/aromatic N) is 3. The fourth-order valence-corrected chi connectivity index (χ4v) is 4.93. The van der Waals surface area contributed by atoms with Gasteiger partial charge in [0, 0.05) is 26.7 Å². The van der Waals surface area contributed by atoms with E-state index in [1.807, 2.05) is 0 Å². The molecule has 140 valence electrons. The van der Waals surface area contributed by atoms with Crippen LogP contribution in [0.2, 0.25) is 0 Å². The largest absolute Gasteiger partial charge is 0.383 e. The van der Waals surface area contributed by atoms with Gasteiger partial charge in [0.2, 0.25) is 10.0 Å². The van der Waals surface area contributed by atoms with E-state index in [9.17, 15) is 13.2 Å². The second-order valence-electron chi connectivity index (χ2n) is 6.31. The predicted octanol–water partition coefficient (Wildman–Crippen LogP) is -0.207.